The molecule has 1 aliphatic heterocycles. The summed E-state index contributed by atoms with van der Waals surface area (Å²) in [6.45, 7) is 0.405. The van der Waals surface area contributed by atoms with Crippen LogP contribution >= 0.6 is 0 Å². The van der Waals surface area contributed by atoms with Gasteiger partial charge in [0.05, 0.1) is 18.0 Å². The second kappa shape index (κ2) is 6.65. The molecule has 0 saturated carbocycles. The van der Waals surface area contributed by atoms with Crippen molar-refractivity contribution in [3.05, 3.63) is 29.8 Å². The minimum Gasteiger partial charge on any atom is -0.479 e. The highest BCUT2D eigenvalue weighted by atomic mass is 32.2. The van der Waals surface area contributed by atoms with Gasteiger partial charge in [-0.2, -0.15) is 0 Å². The lowest BCUT2D eigenvalue weighted by Crippen LogP contribution is -2.48. The molecule has 1 unspecified atom stereocenters. The Hall–Kier alpha value is -1.97. The molecule has 1 amide bonds. The van der Waals surface area contributed by atoms with E-state index in [1.165, 1.54) is 43.3 Å². The summed E-state index contributed by atoms with van der Waals surface area (Å²) in [5.74, 6) is -1.47. The molecule has 0 bridgehead atoms. The number of benzene rings is 1. The van der Waals surface area contributed by atoms with E-state index in [0.717, 1.165) is 4.31 Å². The highest BCUT2D eigenvalue weighted by Gasteiger charge is 2.29. The smallest absolute Gasteiger partial charge is 0.334 e. The van der Waals surface area contributed by atoms with E-state index in [-0.39, 0.29) is 24.0 Å². The van der Waals surface area contributed by atoms with Crippen LogP contribution in [0.3, 0.4) is 0 Å². The molecule has 2 rings (SSSR count). The van der Waals surface area contributed by atoms with E-state index in [4.69, 9.17) is 9.84 Å². The Morgan fingerprint density at radius 3 is 2.39 bits per heavy atom. The van der Waals surface area contributed by atoms with Crippen molar-refractivity contribution in [3.8, 4) is 0 Å². The van der Waals surface area contributed by atoms with E-state index in [1.807, 2.05) is 0 Å². The number of carboxylic acids is 1. The molecule has 0 aromatic heterocycles. The van der Waals surface area contributed by atoms with Crippen LogP contribution in [-0.2, 0) is 19.6 Å². The number of carbonyl (C=O) groups is 2. The third kappa shape index (κ3) is 3.69. The van der Waals surface area contributed by atoms with Crippen LogP contribution < -0.4 is 0 Å². The number of ether oxygens (including phenoxy) is 1. The minimum atomic E-state index is -3.55. The van der Waals surface area contributed by atoms with Gasteiger partial charge in [-0.15, -0.1) is 0 Å². The number of sulfonamides is 1. The van der Waals surface area contributed by atoms with Gasteiger partial charge in [-0.05, 0) is 24.3 Å². The van der Waals surface area contributed by atoms with Gasteiger partial charge in [0.1, 0.15) is 0 Å². The Morgan fingerprint density at radius 2 is 1.87 bits per heavy atom. The lowest BCUT2D eigenvalue weighted by molar-refractivity contribution is -0.154. The van der Waals surface area contributed by atoms with Crippen LogP contribution in [0.5, 0.6) is 0 Å². The molecule has 1 atom stereocenters. The molecule has 0 spiro atoms. The average molecular weight is 342 g/mol. The van der Waals surface area contributed by atoms with E-state index in [2.05, 4.69) is 0 Å². The first-order chi connectivity index (χ1) is 10.7. The first-order valence-corrected chi connectivity index (χ1v) is 8.34. The molecule has 1 heterocycles. The quantitative estimate of drug-likeness (QED) is 0.817. The standard InChI is InChI=1S/C14H18N2O6S/c1-15(2)23(20,21)11-5-3-10(4-6-11)13(17)16-7-8-22-12(9-16)14(18)19/h3-6,12H,7-9H2,1-2H3,(H,18,19). The molecule has 1 aromatic carbocycles. The lowest BCUT2D eigenvalue weighted by Gasteiger charge is -2.30. The van der Waals surface area contributed by atoms with E-state index >= 15 is 0 Å². The number of nitrogens with zero attached hydrogens (tertiary/aromatic N) is 2. The number of amides is 1. The van der Waals surface area contributed by atoms with Crippen molar-refractivity contribution in [2.75, 3.05) is 33.8 Å². The summed E-state index contributed by atoms with van der Waals surface area (Å²) in [4.78, 5) is 24.8. The van der Waals surface area contributed by atoms with Gasteiger partial charge in [0, 0.05) is 26.2 Å². The molecule has 1 fully saturated rings. The monoisotopic (exact) mass is 342 g/mol. The summed E-state index contributed by atoms with van der Waals surface area (Å²) in [7, 11) is -0.704. The van der Waals surface area contributed by atoms with Crippen molar-refractivity contribution < 1.29 is 27.9 Å². The van der Waals surface area contributed by atoms with Crippen LogP contribution in [-0.4, -0.2) is 74.5 Å². The predicted molar refractivity (Wildman–Crippen MR) is 80.6 cm³/mol. The highest BCUT2D eigenvalue weighted by molar-refractivity contribution is 7.89. The Balaban J connectivity index is 2.16. The number of carbonyl (C=O) groups excluding carboxylic acids is 1. The van der Waals surface area contributed by atoms with Gasteiger partial charge in [0.15, 0.2) is 6.10 Å². The summed E-state index contributed by atoms with van der Waals surface area (Å²) in [6, 6.07) is 5.56. The van der Waals surface area contributed by atoms with Crippen LogP contribution in [0.25, 0.3) is 0 Å². The fourth-order valence-corrected chi connectivity index (χ4v) is 3.05. The van der Waals surface area contributed by atoms with Gasteiger partial charge in [0.2, 0.25) is 10.0 Å². The predicted octanol–water partition coefficient (Wildman–Crippen LogP) is -0.137. The van der Waals surface area contributed by atoms with Crippen LogP contribution in [0, 0.1) is 0 Å². The number of hydrogen-bond acceptors (Lipinski definition) is 5. The fraction of sp³-hybridized carbons (Fsp3) is 0.429. The topological polar surface area (TPSA) is 104 Å². The van der Waals surface area contributed by atoms with Gasteiger partial charge in [-0.1, -0.05) is 0 Å². The Labute approximate surface area is 134 Å². The largest absolute Gasteiger partial charge is 0.479 e. The molecule has 23 heavy (non-hydrogen) atoms. The number of aliphatic carboxylic acids is 1. The average Bonchev–Trinajstić information content (AvgIpc) is 2.54. The first kappa shape index (κ1) is 17.4. The minimum absolute atomic E-state index is 0.0358. The summed E-state index contributed by atoms with van der Waals surface area (Å²) < 4.78 is 30.1. The Kier molecular flexibility index (Phi) is 5.03. The van der Waals surface area contributed by atoms with E-state index in [1.54, 1.807) is 0 Å². The first-order valence-electron chi connectivity index (χ1n) is 6.90. The Bertz CT molecular complexity index is 698. The van der Waals surface area contributed by atoms with Crippen molar-refractivity contribution in [1.29, 1.82) is 0 Å². The van der Waals surface area contributed by atoms with E-state index < -0.39 is 22.1 Å². The summed E-state index contributed by atoms with van der Waals surface area (Å²) in [6.07, 6.45) is -1.04. The summed E-state index contributed by atoms with van der Waals surface area (Å²) >= 11 is 0. The second-order valence-electron chi connectivity index (χ2n) is 5.26. The number of hydrogen-bond donors (Lipinski definition) is 1. The summed E-state index contributed by atoms with van der Waals surface area (Å²) in [5.41, 5.74) is 0.300. The van der Waals surface area contributed by atoms with Gasteiger partial charge in [-0.3, -0.25) is 4.79 Å². The van der Waals surface area contributed by atoms with Gasteiger partial charge >= 0.3 is 5.97 Å². The molecule has 1 aliphatic rings. The zero-order chi connectivity index (χ0) is 17.2. The molecular formula is C14H18N2O6S. The Morgan fingerprint density at radius 1 is 1.26 bits per heavy atom. The molecule has 0 aliphatic carbocycles. The summed E-state index contributed by atoms with van der Waals surface area (Å²) in [5, 5.41) is 8.95. The second-order valence-corrected chi connectivity index (χ2v) is 7.41. The third-order valence-electron chi connectivity index (χ3n) is 3.51. The SMILES string of the molecule is CN(C)S(=O)(=O)c1ccc(C(=O)N2CCOC(C(=O)O)C2)cc1. The van der Waals surface area contributed by atoms with Crippen molar-refractivity contribution in [2.24, 2.45) is 0 Å². The lowest BCUT2D eigenvalue weighted by atomic mass is 10.1. The zero-order valence-corrected chi connectivity index (χ0v) is 13.6. The molecule has 1 saturated heterocycles. The maximum absolute atomic E-state index is 12.4. The maximum atomic E-state index is 12.4. The van der Waals surface area contributed by atoms with Crippen molar-refractivity contribution in [2.45, 2.75) is 11.0 Å². The van der Waals surface area contributed by atoms with Crippen LogP contribution in [0.15, 0.2) is 29.2 Å². The van der Waals surface area contributed by atoms with Gasteiger partial charge < -0.3 is 14.7 Å². The molecule has 9 heteroatoms. The van der Waals surface area contributed by atoms with Crippen LogP contribution in [0.1, 0.15) is 10.4 Å². The molecule has 1 N–H and O–H groups in total. The molecular weight excluding hydrogens is 324 g/mol. The zero-order valence-electron chi connectivity index (χ0n) is 12.8. The van der Waals surface area contributed by atoms with Crippen LogP contribution in [0.4, 0.5) is 0 Å². The third-order valence-corrected chi connectivity index (χ3v) is 5.34. The molecule has 8 nitrogen and oxygen atoms in total. The van der Waals surface area contributed by atoms with Crippen LogP contribution in [0.2, 0.25) is 0 Å². The molecule has 1 aromatic rings. The van der Waals surface area contributed by atoms with Gasteiger partial charge in [0.25, 0.3) is 5.91 Å². The number of rotatable bonds is 4. The number of morpholine rings is 1. The number of carboxylic acid groups (broad SMARTS) is 1. The normalized spacial score (nSPS) is 18.9. The molecule has 126 valence electrons. The van der Waals surface area contributed by atoms with E-state index in [9.17, 15) is 18.0 Å². The van der Waals surface area contributed by atoms with E-state index in [0.29, 0.717) is 12.1 Å². The fourth-order valence-electron chi connectivity index (χ4n) is 2.15. The van der Waals surface area contributed by atoms with Crippen molar-refractivity contribution in [1.82, 2.24) is 9.21 Å². The molecule has 0 radical (unpaired) electrons. The van der Waals surface area contributed by atoms with Crippen molar-refractivity contribution in [3.63, 3.8) is 0 Å². The highest BCUT2D eigenvalue weighted by Crippen LogP contribution is 2.16. The maximum Gasteiger partial charge on any atom is 0.334 e. The van der Waals surface area contributed by atoms with Gasteiger partial charge in [-0.25, -0.2) is 17.5 Å². The van der Waals surface area contributed by atoms with Crippen molar-refractivity contribution >= 4 is 21.9 Å².